The molecule has 0 unspecified atom stereocenters. The molecule has 0 saturated carbocycles. The first-order valence-electron chi connectivity index (χ1n) is 3.02. The Morgan fingerprint density at radius 3 is 2.10 bits per heavy atom. The van der Waals surface area contributed by atoms with Crippen molar-refractivity contribution in [1.29, 1.82) is 0 Å². The van der Waals surface area contributed by atoms with Crippen LogP contribution in [-0.2, 0) is 25.9 Å². The maximum atomic E-state index is 10.1. The molecule has 0 aromatic rings. The summed E-state index contributed by atoms with van der Waals surface area (Å²) >= 11 is 0. The van der Waals surface area contributed by atoms with Crippen LogP contribution in [0.15, 0.2) is 0 Å². The number of carboxylic acids is 1. The molecule has 3 N–H and O–H groups in total. The fourth-order valence-corrected chi connectivity index (χ4v) is 0.609. The minimum Gasteiger partial charge on any atom is -0.480 e. The third-order valence-corrected chi connectivity index (χ3v) is 1.04. The summed E-state index contributed by atoms with van der Waals surface area (Å²) in [4.78, 5) is 10.1. The second kappa shape index (κ2) is 5.87. The number of rotatable bonds is 3. The van der Waals surface area contributed by atoms with Gasteiger partial charge in [-0.15, -0.1) is 0 Å². The Balaban J connectivity index is 0. The van der Waals surface area contributed by atoms with Gasteiger partial charge in [0, 0.05) is 21.1 Å². The topological polar surface area (TPSA) is 63.3 Å². The fourth-order valence-electron chi connectivity index (χ4n) is 0.609. The van der Waals surface area contributed by atoms with E-state index in [1.54, 1.807) is 0 Å². The van der Waals surface area contributed by atoms with Gasteiger partial charge in [0.15, 0.2) is 0 Å². The molecule has 0 aliphatic carbocycles. The van der Waals surface area contributed by atoms with Gasteiger partial charge in [0.1, 0.15) is 6.04 Å². The molecule has 0 fully saturated rings. The summed E-state index contributed by atoms with van der Waals surface area (Å²) in [5.41, 5.74) is 5.22. The van der Waals surface area contributed by atoms with Gasteiger partial charge in [0.2, 0.25) is 0 Å². The molecule has 0 aromatic carbocycles. The summed E-state index contributed by atoms with van der Waals surface area (Å²) in [5, 5.41) is 8.31. The zero-order chi connectivity index (χ0) is 7.44. The van der Waals surface area contributed by atoms with Crippen molar-refractivity contribution in [2.75, 3.05) is 0 Å². The fraction of sp³-hybridized carbons (Fsp3) is 0.833. The van der Waals surface area contributed by atoms with Gasteiger partial charge in [-0.2, -0.15) is 0 Å². The van der Waals surface area contributed by atoms with Crippen LogP contribution >= 0.6 is 0 Å². The number of nitrogens with two attached hydrogens (primary N) is 1. The van der Waals surface area contributed by atoms with E-state index in [-0.39, 0.29) is 21.1 Å². The van der Waals surface area contributed by atoms with Crippen LogP contribution in [0.3, 0.4) is 0 Å². The summed E-state index contributed by atoms with van der Waals surface area (Å²) < 4.78 is 0. The molecule has 0 amide bonds. The maximum Gasteiger partial charge on any atom is 0.320 e. The number of aliphatic carboxylic acids is 1. The van der Waals surface area contributed by atoms with Crippen LogP contribution in [-0.4, -0.2) is 17.1 Å². The third-order valence-electron chi connectivity index (χ3n) is 1.04. The van der Waals surface area contributed by atoms with Gasteiger partial charge in [-0.25, -0.2) is 0 Å². The number of hydrogen-bond donors (Lipinski definition) is 2. The summed E-state index contributed by atoms with van der Waals surface area (Å²) in [6.07, 6.45) is 0.551. The Morgan fingerprint density at radius 1 is 1.60 bits per heavy atom. The molecule has 0 saturated heterocycles. The second-order valence-electron chi connectivity index (χ2n) is 2.57. The van der Waals surface area contributed by atoms with E-state index in [1.165, 1.54) is 0 Å². The average Bonchev–Trinajstić information content (AvgIpc) is 1.63. The third kappa shape index (κ3) is 6.24. The first-order chi connectivity index (χ1) is 4.04. The second-order valence-corrected chi connectivity index (χ2v) is 2.57. The van der Waals surface area contributed by atoms with Crippen molar-refractivity contribution in [2.45, 2.75) is 26.3 Å². The monoisotopic (exact) mass is 229 g/mol. The molecule has 0 aromatic heterocycles. The van der Waals surface area contributed by atoms with Crippen molar-refractivity contribution in [1.82, 2.24) is 0 Å². The Kier molecular flexibility index (Phi) is 7.49. The molecular weight excluding hydrogens is 214 g/mol. The van der Waals surface area contributed by atoms with Gasteiger partial charge in [-0.05, 0) is 12.3 Å². The van der Waals surface area contributed by atoms with E-state index in [4.69, 9.17) is 10.8 Å². The van der Waals surface area contributed by atoms with Crippen molar-refractivity contribution in [3.05, 3.63) is 0 Å². The van der Waals surface area contributed by atoms with Crippen LogP contribution in [0.5, 0.6) is 0 Å². The van der Waals surface area contributed by atoms with Gasteiger partial charge >= 0.3 is 5.97 Å². The van der Waals surface area contributed by atoms with Crippen molar-refractivity contribution in [3.8, 4) is 0 Å². The minimum absolute atomic E-state index is 0. The van der Waals surface area contributed by atoms with Crippen LogP contribution in [0.1, 0.15) is 20.3 Å². The van der Waals surface area contributed by atoms with Gasteiger partial charge in [-0.1, -0.05) is 13.8 Å². The van der Waals surface area contributed by atoms with E-state index >= 15 is 0 Å². The van der Waals surface area contributed by atoms with Crippen molar-refractivity contribution in [2.24, 2.45) is 11.7 Å². The Labute approximate surface area is 75.2 Å². The van der Waals surface area contributed by atoms with Crippen LogP contribution < -0.4 is 5.73 Å². The van der Waals surface area contributed by atoms with E-state index in [9.17, 15) is 4.79 Å². The predicted octanol–water partition coefficient (Wildman–Crippen LogP) is 0.442. The molecule has 0 radical (unpaired) electrons. The molecule has 0 rings (SSSR count). The maximum absolute atomic E-state index is 10.1. The Bertz CT molecular complexity index is 106. The Hall–Kier alpha value is 0.118. The normalized spacial score (nSPS) is 12.4. The number of carbonyl (C=O) groups is 1. The summed E-state index contributed by atoms with van der Waals surface area (Å²) in [6.45, 7) is 3.89. The largest absolute Gasteiger partial charge is 0.480 e. The first-order valence-corrected chi connectivity index (χ1v) is 3.02. The molecule has 4 heteroatoms. The van der Waals surface area contributed by atoms with Crippen LogP contribution in [0.25, 0.3) is 0 Å². The van der Waals surface area contributed by atoms with Crippen LogP contribution in [0.4, 0.5) is 0 Å². The van der Waals surface area contributed by atoms with Gasteiger partial charge in [0.25, 0.3) is 0 Å². The molecule has 3 nitrogen and oxygen atoms in total. The predicted molar refractivity (Wildman–Crippen MR) is 35.1 cm³/mol. The van der Waals surface area contributed by atoms with Crippen molar-refractivity contribution in [3.63, 3.8) is 0 Å². The zero-order valence-electron chi connectivity index (χ0n) is 6.20. The van der Waals surface area contributed by atoms with E-state index < -0.39 is 12.0 Å². The van der Waals surface area contributed by atoms with E-state index in [2.05, 4.69) is 0 Å². The molecule has 60 valence electrons. The van der Waals surface area contributed by atoms with Gasteiger partial charge in [-0.3, -0.25) is 4.79 Å². The van der Waals surface area contributed by atoms with Crippen LogP contribution in [0.2, 0.25) is 0 Å². The molecule has 10 heavy (non-hydrogen) atoms. The quantitative estimate of drug-likeness (QED) is 0.687. The molecule has 0 spiro atoms. The molecule has 0 aliphatic rings. The minimum atomic E-state index is -0.913. The Morgan fingerprint density at radius 2 is 2.00 bits per heavy atom. The first kappa shape index (κ1) is 12.8. The molecule has 0 bridgehead atoms. The van der Waals surface area contributed by atoms with Crippen LogP contribution in [0, 0.1) is 5.92 Å². The SMILES string of the molecule is CC(C)C[C@H](N)C(=O)O.[Mo]. The van der Waals surface area contributed by atoms with E-state index in [1.807, 2.05) is 13.8 Å². The van der Waals surface area contributed by atoms with E-state index in [0.717, 1.165) is 0 Å². The standard InChI is InChI=1S/C6H13NO2.Mo/c1-4(2)3-5(7)6(8)9;/h4-5H,3,7H2,1-2H3,(H,8,9);/t5-;/m0./s1. The van der Waals surface area contributed by atoms with Crippen molar-refractivity contribution < 1.29 is 31.0 Å². The smallest absolute Gasteiger partial charge is 0.320 e. The van der Waals surface area contributed by atoms with Gasteiger partial charge in [0.05, 0.1) is 0 Å². The summed E-state index contributed by atoms with van der Waals surface area (Å²) in [7, 11) is 0. The summed E-state index contributed by atoms with van der Waals surface area (Å²) in [5.74, 6) is -0.556. The molecule has 0 aliphatic heterocycles. The zero-order valence-corrected chi connectivity index (χ0v) is 8.21. The molecule has 0 heterocycles. The number of carboxylic acid groups (broad SMARTS) is 1. The molecular formula is C6H13MoNO2. The van der Waals surface area contributed by atoms with Gasteiger partial charge < -0.3 is 10.8 Å². The van der Waals surface area contributed by atoms with E-state index in [0.29, 0.717) is 12.3 Å². The number of hydrogen-bond acceptors (Lipinski definition) is 2. The summed E-state index contributed by atoms with van der Waals surface area (Å²) in [6, 6.07) is -0.690. The average molecular weight is 227 g/mol. The molecule has 1 atom stereocenters. The van der Waals surface area contributed by atoms with Crippen molar-refractivity contribution >= 4 is 5.97 Å².